The molecular weight excluding hydrogens is 268 g/mol. The lowest BCUT2D eigenvalue weighted by Gasteiger charge is -2.23. The molecule has 112 valence electrons. The summed E-state index contributed by atoms with van der Waals surface area (Å²) in [7, 11) is 0. The van der Waals surface area contributed by atoms with Crippen LogP contribution in [0.4, 0.5) is 5.69 Å². The third kappa shape index (κ3) is 4.13. The van der Waals surface area contributed by atoms with Crippen LogP contribution in [0.15, 0.2) is 18.2 Å². The van der Waals surface area contributed by atoms with Crippen molar-refractivity contribution >= 4 is 17.3 Å². The van der Waals surface area contributed by atoms with Gasteiger partial charge in [0.25, 0.3) is 0 Å². The predicted octanol–water partition coefficient (Wildman–Crippen LogP) is 4.32. The minimum Gasteiger partial charge on any atom is -0.371 e. The van der Waals surface area contributed by atoms with Crippen molar-refractivity contribution in [2.45, 2.75) is 40.2 Å². The van der Waals surface area contributed by atoms with Crippen molar-refractivity contribution in [2.24, 2.45) is 11.8 Å². The van der Waals surface area contributed by atoms with Crippen LogP contribution in [0.25, 0.3) is 0 Å². The first-order valence-electron chi connectivity index (χ1n) is 7.84. The maximum Gasteiger partial charge on any atom is 0.0426 e. The Hall–Kier alpha value is -0.730. The van der Waals surface area contributed by atoms with Gasteiger partial charge >= 0.3 is 0 Å². The summed E-state index contributed by atoms with van der Waals surface area (Å²) in [5.74, 6) is 1.52. The quantitative estimate of drug-likeness (QED) is 0.840. The Morgan fingerprint density at radius 2 is 2.20 bits per heavy atom. The minimum absolute atomic E-state index is 0.682. The third-order valence-corrected chi connectivity index (χ3v) is 4.35. The second-order valence-corrected chi connectivity index (χ2v) is 6.74. The maximum atomic E-state index is 6.20. The summed E-state index contributed by atoms with van der Waals surface area (Å²) >= 11 is 6.20. The van der Waals surface area contributed by atoms with E-state index in [9.17, 15) is 0 Å². The molecule has 0 saturated carbocycles. The van der Waals surface area contributed by atoms with Gasteiger partial charge in [0, 0.05) is 30.3 Å². The van der Waals surface area contributed by atoms with Gasteiger partial charge in [0.05, 0.1) is 0 Å². The van der Waals surface area contributed by atoms with Crippen molar-refractivity contribution in [3.05, 3.63) is 28.8 Å². The predicted molar refractivity (Wildman–Crippen MR) is 88.6 cm³/mol. The van der Waals surface area contributed by atoms with Gasteiger partial charge in [-0.1, -0.05) is 44.9 Å². The largest absolute Gasteiger partial charge is 0.371 e. The van der Waals surface area contributed by atoms with Crippen LogP contribution in [0.3, 0.4) is 0 Å². The number of benzene rings is 1. The van der Waals surface area contributed by atoms with Gasteiger partial charge in [-0.2, -0.15) is 0 Å². The van der Waals surface area contributed by atoms with Gasteiger partial charge in [-0.25, -0.2) is 0 Å². The summed E-state index contributed by atoms with van der Waals surface area (Å²) in [6.07, 6.45) is 2.58. The highest BCUT2D eigenvalue weighted by Crippen LogP contribution is 2.30. The molecule has 2 rings (SSSR count). The minimum atomic E-state index is 0.682. The lowest BCUT2D eigenvalue weighted by molar-refractivity contribution is 0.551. The van der Waals surface area contributed by atoms with Gasteiger partial charge in [0.2, 0.25) is 0 Å². The van der Waals surface area contributed by atoms with Crippen LogP contribution in [0.1, 0.15) is 39.2 Å². The van der Waals surface area contributed by atoms with Gasteiger partial charge in [0.1, 0.15) is 0 Å². The highest BCUT2D eigenvalue weighted by Gasteiger charge is 2.22. The van der Waals surface area contributed by atoms with Crippen molar-refractivity contribution < 1.29 is 0 Å². The van der Waals surface area contributed by atoms with Crippen molar-refractivity contribution in [1.29, 1.82) is 0 Å². The lowest BCUT2D eigenvalue weighted by atomic mass is 10.1. The van der Waals surface area contributed by atoms with Crippen LogP contribution in [-0.4, -0.2) is 19.6 Å². The summed E-state index contributed by atoms with van der Waals surface area (Å²) in [5.41, 5.74) is 2.69. The zero-order chi connectivity index (χ0) is 14.5. The van der Waals surface area contributed by atoms with E-state index in [1.807, 2.05) is 6.07 Å². The van der Waals surface area contributed by atoms with Crippen LogP contribution < -0.4 is 10.2 Å². The Kier molecular flexibility index (Phi) is 5.74. The van der Waals surface area contributed by atoms with Gasteiger partial charge in [-0.3, -0.25) is 0 Å². The Labute approximate surface area is 128 Å². The van der Waals surface area contributed by atoms with Gasteiger partial charge in [0.15, 0.2) is 0 Å². The van der Waals surface area contributed by atoms with Crippen LogP contribution >= 0.6 is 11.6 Å². The molecule has 1 fully saturated rings. The zero-order valence-electron chi connectivity index (χ0n) is 13.0. The molecule has 1 aromatic carbocycles. The van der Waals surface area contributed by atoms with E-state index in [-0.39, 0.29) is 0 Å². The van der Waals surface area contributed by atoms with E-state index >= 15 is 0 Å². The molecule has 20 heavy (non-hydrogen) atoms. The van der Waals surface area contributed by atoms with Crippen molar-refractivity contribution in [3.8, 4) is 0 Å². The van der Waals surface area contributed by atoms with E-state index in [4.69, 9.17) is 11.6 Å². The first-order chi connectivity index (χ1) is 9.60. The van der Waals surface area contributed by atoms with Crippen LogP contribution in [0.5, 0.6) is 0 Å². The molecule has 0 amide bonds. The monoisotopic (exact) mass is 294 g/mol. The number of rotatable bonds is 6. The number of hydrogen-bond acceptors (Lipinski definition) is 2. The van der Waals surface area contributed by atoms with E-state index in [0.717, 1.165) is 30.6 Å². The first-order valence-corrected chi connectivity index (χ1v) is 8.22. The zero-order valence-corrected chi connectivity index (χ0v) is 13.7. The topological polar surface area (TPSA) is 15.3 Å². The summed E-state index contributed by atoms with van der Waals surface area (Å²) in [6, 6.07) is 6.31. The molecule has 0 spiro atoms. The summed E-state index contributed by atoms with van der Waals surface area (Å²) in [4.78, 5) is 2.51. The molecule has 1 aliphatic rings. The smallest absolute Gasteiger partial charge is 0.0426 e. The van der Waals surface area contributed by atoms with Crippen molar-refractivity contribution in [3.63, 3.8) is 0 Å². The van der Waals surface area contributed by atoms with Crippen LogP contribution in [0.2, 0.25) is 5.02 Å². The number of nitrogens with one attached hydrogen (secondary N) is 1. The Morgan fingerprint density at radius 1 is 1.40 bits per heavy atom. The molecule has 1 aromatic rings. The highest BCUT2D eigenvalue weighted by molar-refractivity contribution is 6.30. The third-order valence-electron chi connectivity index (χ3n) is 4.12. The molecule has 2 nitrogen and oxygen atoms in total. The van der Waals surface area contributed by atoms with Crippen LogP contribution in [0, 0.1) is 11.8 Å². The fourth-order valence-corrected chi connectivity index (χ4v) is 3.03. The standard InChI is InChI=1S/C17H27ClN2/c1-4-14-7-8-20(12-14)17-9-16(18)6-5-15(17)11-19-10-13(2)3/h5-6,9,13-14,19H,4,7-8,10-12H2,1-3H3. The van der Waals surface area contributed by atoms with Gasteiger partial charge in [-0.05, 0) is 42.5 Å². The SMILES string of the molecule is CCC1CCN(c2cc(Cl)ccc2CNCC(C)C)C1. The molecule has 0 bridgehead atoms. The fraction of sp³-hybridized carbons (Fsp3) is 0.647. The molecule has 0 aromatic heterocycles. The Balaban J connectivity index is 2.08. The van der Waals surface area contributed by atoms with Crippen molar-refractivity contribution in [1.82, 2.24) is 5.32 Å². The lowest BCUT2D eigenvalue weighted by Crippen LogP contribution is -2.24. The molecule has 1 N–H and O–H groups in total. The number of anilines is 1. The average molecular weight is 295 g/mol. The molecule has 0 radical (unpaired) electrons. The van der Waals surface area contributed by atoms with Gasteiger partial charge < -0.3 is 10.2 Å². The molecular formula is C17H27ClN2. The summed E-state index contributed by atoms with van der Waals surface area (Å²) in [5, 5.41) is 4.38. The average Bonchev–Trinajstić information content (AvgIpc) is 2.88. The van der Waals surface area contributed by atoms with E-state index in [1.54, 1.807) is 0 Å². The summed E-state index contributed by atoms with van der Waals surface area (Å²) in [6.45, 7) is 11.1. The Bertz CT molecular complexity index is 431. The van der Waals surface area contributed by atoms with Crippen molar-refractivity contribution in [2.75, 3.05) is 24.5 Å². The number of hydrogen-bond donors (Lipinski definition) is 1. The van der Waals surface area contributed by atoms with Crippen LogP contribution in [-0.2, 0) is 6.54 Å². The molecule has 1 unspecified atom stereocenters. The molecule has 3 heteroatoms. The summed E-state index contributed by atoms with van der Waals surface area (Å²) < 4.78 is 0. The molecule has 1 heterocycles. The highest BCUT2D eigenvalue weighted by atomic mass is 35.5. The molecule has 1 aliphatic heterocycles. The second kappa shape index (κ2) is 7.33. The molecule has 0 aliphatic carbocycles. The van der Waals surface area contributed by atoms with E-state index < -0.39 is 0 Å². The molecule has 1 saturated heterocycles. The van der Waals surface area contributed by atoms with E-state index in [1.165, 1.54) is 30.6 Å². The number of nitrogens with zero attached hydrogens (tertiary/aromatic N) is 1. The fourth-order valence-electron chi connectivity index (χ4n) is 2.86. The first kappa shape index (κ1) is 15.7. The normalized spacial score (nSPS) is 19.1. The van der Waals surface area contributed by atoms with E-state index in [0.29, 0.717) is 5.92 Å². The van der Waals surface area contributed by atoms with E-state index in [2.05, 4.69) is 43.1 Å². The molecule has 1 atom stereocenters. The Morgan fingerprint density at radius 3 is 2.85 bits per heavy atom. The van der Waals surface area contributed by atoms with Gasteiger partial charge in [-0.15, -0.1) is 0 Å². The number of halogens is 1. The maximum absolute atomic E-state index is 6.20. The second-order valence-electron chi connectivity index (χ2n) is 6.31.